The van der Waals surface area contributed by atoms with Gasteiger partial charge in [-0.2, -0.15) is 0 Å². The van der Waals surface area contributed by atoms with Crippen LogP contribution in [-0.2, 0) is 0 Å². The maximum Gasteiger partial charge on any atom is 0.0588 e. The Morgan fingerprint density at radius 3 is 2.38 bits per heavy atom. The van der Waals surface area contributed by atoms with Crippen molar-refractivity contribution in [2.75, 3.05) is 6.54 Å². The van der Waals surface area contributed by atoms with E-state index in [1.807, 2.05) is 13.0 Å². The van der Waals surface area contributed by atoms with Gasteiger partial charge < -0.3 is 5.32 Å². The molecular formula is C17H18Br2ClN. The zero-order valence-electron chi connectivity index (χ0n) is 12.3. The van der Waals surface area contributed by atoms with E-state index >= 15 is 0 Å². The van der Waals surface area contributed by atoms with Crippen molar-refractivity contribution in [1.82, 2.24) is 5.32 Å². The lowest BCUT2D eigenvalue weighted by atomic mass is 9.97. The van der Waals surface area contributed by atoms with Crippen molar-refractivity contribution in [2.45, 2.75) is 26.8 Å². The summed E-state index contributed by atoms with van der Waals surface area (Å²) in [6.45, 7) is 7.10. The molecular weight excluding hydrogens is 413 g/mol. The number of hydrogen-bond acceptors (Lipinski definition) is 1. The molecule has 0 amide bonds. The first kappa shape index (κ1) is 17.0. The third-order valence-electron chi connectivity index (χ3n) is 3.53. The first-order valence-corrected chi connectivity index (χ1v) is 8.85. The highest BCUT2D eigenvalue weighted by Gasteiger charge is 2.18. The molecule has 2 aromatic carbocycles. The molecule has 0 bridgehead atoms. The molecule has 0 aromatic heterocycles. The van der Waals surface area contributed by atoms with Crippen LogP contribution in [0.1, 0.15) is 35.2 Å². The van der Waals surface area contributed by atoms with Gasteiger partial charge in [-0.15, -0.1) is 0 Å². The first-order valence-electron chi connectivity index (χ1n) is 6.89. The van der Waals surface area contributed by atoms with Crippen LogP contribution in [0.2, 0.25) is 5.02 Å². The average Bonchev–Trinajstić information content (AvgIpc) is 2.44. The Hall–Kier alpha value is -0.350. The standard InChI is InChI=1S/C17H18Br2ClN/c1-4-21-17(12-6-5-10(2)16(20)8-12)13-9-14(18)11(3)7-15(13)19/h5-9,17,21H,4H2,1-3H3. The summed E-state index contributed by atoms with van der Waals surface area (Å²) in [6.07, 6.45) is 0. The van der Waals surface area contributed by atoms with E-state index in [0.717, 1.165) is 26.1 Å². The lowest BCUT2D eigenvalue weighted by molar-refractivity contribution is 0.628. The smallest absolute Gasteiger partial charge is 0.0588 e. The predicted octanol–water partition coefficient (Wildman–Crippen LogP) is 6.18. The summed E-state index contributed by atoms with van der Waals surface area (Å²) >= 11 is 13.6. The average molecular weight is 432 g/mol. The van der Waals surface area contributed by atoms with Crippen LogP contribution >= 0.6 is 43.5 Å². The number of halogens is 3. The Bertz CT molecular complexity index is 655. The van der Waals surface area contributed by atoms with E-state index in [9.17, 15) is 0 Å². The summed E-state index contributed by atoms with van der Waals surface area (Å²) in [5.41, 5.74) is 4.68. The molecule has 0 fully saturated rings. The van der Waals surface area contributed by atoms with Gasteiger partial charge in [0.2, 0.25) is 0 Å². The van der Waals surface area contributed by atoms with E-state index in [0.29, 0.717) is 0 Å². The second-order valence-corrected chi connectivity index (χ2v) is 7.24. The van der Waals surface area contributed by atoms with Crippen molar-refractivity contribution >= 4 is 43.5 Å². The fraction of sp³-hybridized carbons (Fsp3) is 0.294. The molecule has 0 aliphatic carbocycles. The normalized spacial score (nSPS) is 12.5. The van der Waals surface area contributed by atoms with Crippen molar-refractivity contribution in [1.29, 1.82) is 0 Å². The Morgan fingerprint density at radius 2 is 1.76 bits per heavy atom. The van der Waals surface area contributed by atoms with Crippen molar-refractivity contribution < 1.29 is 0 Å². The summed E-state index contributed by atoms with van der Waals surface area (Å²) in [7, 11) is 0. The van der Waals surface area contributed by atoms with Gasteiger partial charge in [-0.25, -0.2) is 0 Å². The number of benzene rings is 2. The fourth-order valence-electron chi connectivity index (χ4n) is 2.28. The van der Waals surface area contributed by atoms with Gasteiger partial charge >= 0.3 is 0 Å². The number of rotatable bonds is 4. The molecule has 1 nitrogen and oxygen atoms in total. The first-order chi connectivity index (χ1) is 9.93. The molecule has 2 aromatic rings. The molecule has 0 heterocycles. The van der Waals surface area contributed by atoms with E-state index in [2.05, 4.69) is 75.3 Å². The Labute approximate surface area is 148 Å². The Morgan fingerprint density at radius 1 is 1.05 bits per heavy atom. The molecule has 112 valence electrons. The fourth-order valence-corrected chi connectivity index (χ4v) is 3.52. The maximum atomic E-state index is 6.29. The topological polar surface area (TPSA) is 12.0 Å². The lowest BCUT2D eigenvalue weighted by Crippen LogP contribution is -2.22. The quantitative estimate of drug-likeness (QED) is 0.609. The number of aryl methyl sites for hydroxylation is 2. The van der Waals surface area contributed by atoms with Gasteiger partial charge in [-0.1, -0.05) is 62.5 Å². The van der Waals surface area contributed by atoms with Crippen LogP contribution in [0.5, 0.6) is 0 Å². The zero-order chi connectivity index (χ0) is 15.6. The minimum atomic E-state index is 0.111. The van der Waals surface area contributed by atoms with Gasteiger partial charge in [-0.05, 0) is 60.8 Å². The lowest BCUT2D eigenvalue weighted by Gasteiger charge is -2.22. The molecule has 4 heteroatoms. The summed E-state index contributed by atoms with van der Waals surface area (Å²) < 4.78 is 2.22. The van der Waals surface area contributed by atoms with Crippen LogP contribution < -0.4 is 5.32 Å². The van der Waals surface area contributed by atoms with E-state index < -0.39 is 0 Å². The molecule has 0 spiro atoms. The van der Waals surface area contributed by atoms with Crippen LogP contribution in [0, 0.1) is 13.8 Å². The second-order valence-electron chi connectivity index (χ2n) is 5.12. The SMILES string of the molecule is CCNC(c1ccc(C)c(Cl)c1)c1cc(Br)c(C)cc1Br. The van der Waals surface area contributed by atoms with E-state index in [1.165, 1.54) is 16.7 Å². The minimum Gasteiger partial charge on any atom is -0.306 e. The highest BCUT2D eigenvalue weighted by molar-refractivity contribution is 9.11. The Balaban J connectivity index is 2.52. The Kier molecular flexibility index (Phi) is 5.89. The van der Waals surface area contributed by atoms with Crippen molar-refractivity contribution in [3.05, 3.63) is 66.6 Å². The van der Waals surface area contributed by atoms with Crippen LogP contribution in [0.3, 0.4) is 0 Å². The summed E-state index contributed by atoms with van der Waals surface area (Å²) in [5.74, 6) is 0. The van der Waals surface area contributed by atoms with Gasteiger partial charge in [-0.3, -0.25) is 0 Å². The molecule has 1 N–H and O–H groups in total. The highest BCUT2D eigenvalue weighted by Crippen LogP contribution is 2.34. The molecule has 0 radical (unpaired) electrons. The van der Waals surface area contributed by atoms with Crippen molar-refractivity contribution in [2.24, 2.45) is 0 Å². The van der Waals surface area contributed by atoms with Crippen LogP contribution in [-0.4, -0.2) is 6.54 Å². The summed E-state index contributed by atoms with van der Waals surface area (Å²) in [4.78, 5) is 0. The summed E-state index contributed by atoms with van der Waals surface area (Å²) in [5, 5.41) is 4.34. The third-order valence-corrected chi connectivity index (χ3v) is 5.47. The summed E-state index contributed by atoms with van der Waals surface area (Å²) in [6, 6.07) is 10.7. The predicted molar refractivity (Wildman–Crippen MR) is 98.3 cm³/mol. The molecule has 21 heavy (non-hydrogen) atoms. The number of nitrogens with one attached hydrogen (secondary N) is 1. The van der Waals surface area contributed by atoms with E-state index in [4.69, 9.17) is 11.6 Å². The van der Waals surface area contributed by atoms with Crippen molar-refractivity contribution in [3.8, 4) is 0 Å². The zero-order valence-corrected chi connectivity index (χ0v) is 16.2. The molecule has 1 atom stereocenters. The maximum absolute atomic E-state index is 6.29. The van der Waals surface area contributed by atoms with E-state index in [1.54, 1.807) is 0 Å². The molecule has 0 saturated heterocycles. The largest absolute Gasteiger partial charge is 0.306 e. The minimum absolute atomic E-state index is 0.111. The van der Waals surface area contributed by atoms with Crippen LogP contribution in [0.25, 0.3) is 0 Å². The second kappa shape index (κ2) is 7.28. The van der Waals surface area contributed by atoms with Gasteiger partial charge in [0.15, 0.2) is 0 Å². The highest BCUT2D eigenvalue weighted by atomic mass is 79.9. The van der Waals surface area contributed by atoms with Gasteiger partial charge in [0.1, 0.15) is 0 Å². The van der Waals surface area contributed by atoms with Gasteiger partial charge in [0.05, 0.1) is 6.04 Å². The van der Waals surface area contributed by atoms with E-state index in [-0.39, 0.29) is 6.04 Å². The molecule has 0 aliphatic rings. The number of hydrogen-bond donors (Lipinski definition) is 1. The van der Waals surface area contributed by atoms with Crippen LogP contribution in [0.4, 0.5) is 0 Å². The molecule has 1 unspecified atom stereocenters. The monoisotopic (exact) mass is 429 g/mol. The van der Waals surface area contributed by atoms with Gasteiger partial charge in [0.25, 0.3) is 0 Å². The molecule has 0 aliphatic heterocycles. The molecule has 0 saturated carbocycles. The van der Waals surface area contributed by atoms with Gasteiger partial charge in [0, 0.05) is 14.0 Å². The van der Waals surface area contributed by atoms with Crippen LogP contribution in [0.15, 0.2) is 39.3 Å². The molecule has 2 rings (SSSR count). The van der Waals surface area contributed by atoms with Crippen molar-refractivity contribution in [3.63, 3.8) is 0 Å². The third kappa shape index (κ3) is 3.89.